The second-order valence-electron chi connectivity index (χ2n) is 3.49. The first kappa shape index (κ1) is 11.8. The molecule has 0 aliphatic heterocycles. The first-order valence-corrected chi connectivity index (χ1v) is 3.58. The van der Waals surface area contributed by atoms with Crippen molar-refractivity contribution in [2.24, 2.45) is 0 Å². The Morgan fingerprint density at radius 2 is 1.75 bits per heavy atom. The number of quaternary nitrogens is 1. The van der Waals surface area contributed by atoms with Crippen molar-refractivity contribution >= 4 is 5.69 Å². The van der Waals surface area contributed by atoms with Gasteiger partial charge in [0, 0.05) is 6.07 Å². The van der Waals surface area contributed by atoms with E-state index in [2.05, 4.69) is 0 Å². The van der Waals surface area contributed by atoms with Gasteiger partial charge in [-0.1, -0.05) is 6.07 Å². The third-order valence-corrected chi connectivity index (χ3v) is 1.58. The summed E-state index contributed by atoms with van der Waals surface area (Å²) in [5, 5.41) is 0. The van der Waals surface area contributed by atoms with E-state index < -0.39 is 0 Å². The van der Waals surface area contributed by atoms with E-state index in [1.54, 1.807) is 12.1 Å². The van der Waals surface area contributed by atoms with Gasteiger partial charge in [0.2, 0.25) is 0 Å². The van der Waals surface area contributed by atoms with E-state index >= 15 is 0 Å². The summed E-state index contributed by atoms with van der Waals surface area (Å²) in [6.07, 6.45) is 0. The minimum absolute atomic E-state index is 0. The monoisotopic (exact) mass is 281 g/mol. The molecule has 1 rings (SSSR count). The third kappa shape index (κ3) is 3.06. The summed E-state index contributed by atoms with van der Waals surface area (Å²) in [5.41, 5.74) is 0.977. The molecule has 3 heteroatoms. The quantitative estimate of drug-likeness (QED) is 0.459. The molecule has 12 heavy (non-hydrogen) atoms. The van der Waals surface area contributed by atoms with Gasteiger partial charge in [-0.2, -0.15) is 0 Å². The van der Waals surface area contributed by atoms with Crippen LogP contribution in [-0.2, 0) is 0 Å². The molecule has 0 amide bonds. The van der Waals surface area contributed by atoms with Crippen LogP contribution < -0.4 is 28.5 Å². The molecule has 0 saturated heterocycles. The van der Waals surface area contributed by atoms with Crippen molar-refractivity contribution in [2.45, 2.75) is 0 Å². The molecule has 0 spiro atoms. The molecule has 0 radical (unpaired) electrons. The molecule has 1 nitrogen and oxygen atoms in total. The van der Waals surface area contributed by atoms with Crippen LogP contribution in [0.2, 0.25) is 0 Å². The predicted octanol–water partition coefficient (Wildman–Crippen LogP) is -0.974. The number of nitrogens with zero attached hydrogens (tertiary/aromatic N) is 1. The van der Waals surface area contributed by atoms with Crippen LogP contribution >= 0.6 is 0 Å². The lowest BCUT2D eigenvalue weighted by Crippen LogP contribution is -3.00. The fourth-order valence-corrected chi connectivity index (χ4v) is 0.893. The highest BCUT2D eigenvalue weighted by molar-refractivity contribution is 5.40. The Hall–Kier alpha value is -0.160. The van der Waals surface area contributed by atoms with E-state index in [0.717, 1.165) is 5.69 Å². The average Bonchev–Trinajstić information content (AvgIpc) is 1.86. The standard InChI is InChI=1S/C9H13FN.HI/c1-11(2,3)9-6-4-5-8(10)7-9;/h4-7H,1-3H3;1H/q+1;/p-1. The molecule has 0 N–H and O–H groups in total. The van der Waals surface area contributed by atoms with Crippen molar-refractivity contribution in [3.05, 3.63) is 30.1 Å². The number of hydrogen-bond acceptors (Lipinski definition) is 0. The molecule has 0 bridgehead atoms. The Morgan fingerprint density at radius 3 is 2.08 bits per heavy atom. The van der Waals surface area contributed by atoms with E-state index in [1.807, 2.05) is 27.2 Å². The topological polar surface area (TPSA) is 0 Å². The lowest BCUT2D eigenvalue weighted by Gasteiger charge is -2.22. The van der Waals surface area contributed by atoms with Crippen LogP contribution in [0.4, 0.5) is 10.1 Å². The predicted molar refractivity (Wildman–Crippen MR) is 46.0 cm³/mol. The van der Waals surface area contributed by atoms with Crippen molar-refractivity contribution < 1.29 is 28.4 Å². The largest absolute Gasteiger partial charge is 1.00 e. The van der Waals surface area contributed by atoms with Crippen LogP contribution in [0.25, 0.3) is 0 Å². The second-order valence-corrected chi connectivity index (χ2v) is 3.49. The first-order valence-electron chi connectivity index (χ1n) is 3.58. The first-order chi connectivity index (χ1) is 5.00. The fourth-order valence-electron chi connectivity index (χ4n) is 0.893. The normalized spacial score (nSPS) is 10.7. The Labute approximate surface area is 89.8 Å². The molecule has 0 fully saturated rings. The number of halogens is 2. The second kappa shape index (κ2) is 4.18. The Balaban J connectivity index is 0.00000121. The summed E-state index contributed by atoms with van der Waals surface area (Å²) in [7, 11) is 6.03. The van der Waals surface area contributed by atoms with E-state index in [1.165, 1.54) is 6.07 Å². The number of hydrogen-bond donors (Lipinski definition) is 0. The van der Waals surface area contributed by atoms with E-state index in [9.17, 15) is 4.39 Å². The molecule has 0 saturated carbocycles. The minimum Gasteiger partial charge on any atom is -1.00 e. The van der Waals surface area contributed by atoms with Gasteiger partial charge in [-0.15, -0.1) is 0 Å². The smallest absolute Gasteiger partial charge is 0.135 e. The van der Waals surface area contributed by atoms with E-state index in [0.29, 0.717) is 4.48 Å². The van der Waals surface area contributed by atoms with Crippen molar-refractivity contribution in [2.75, 3.05) is 21.1 Å². The van der Waals surface area contributed by atoms with Gasteiger partial charge in [0.05, 0.1) is 21.1 Å². The van der Waals surface area contributed by atoms with E-state index in [4.69, 9.17) is 0 Å². The van der Waals surface area contributed by atoms with Gasteiger partial charge in [-0.05, 0) is 12.1 Å². The maximum atomic E-state index is 12.7. The lowest BCUT2D eigenvalue weighted by atomic mass is 10.3. The van der Waals surface area contributed by atoms with Gasteiger partial charge < -0.3 is 24.0 Å². The highest BCUT2D eigenvalue weighted by atomic mass is 127. The van der Waals surface area contributed by atoms with Crippen LogP contribution in [0, 0.1) is 5.82 Å². The van der Waals surface area contributed by atoms with Gasteiger partial charge in [0.1, 0.15) is 11.5 Å². The van der Waals surface area contributed by atoms with E-state index in [-0.39, 0.29) is 29.8 Å². The molecule has 68 valence electrons. The van der Waals surface area contributed by atoms with Crippen LogP contribution in [0.15, 0.2) is 24.3 Å². The highest BCUT2D eigenvalue weighted by Crippen LogP contribution is 2.16. The number of rotatable bonds is 1. The van der Waals surface area contributed by atoms with Crippen molar-refractivity contribution in [1.82, 2.24) is 4.48 Å². The summed E-state index contributed by atoms with van der Waals surface area (Å²) in [6.45, 7) is 0. The minimum atomic E-state index is -0.171. The Bertz CT molecular complexity index is 255. The van der Waals surface area contributed by atoms with Crippen LogP contribution in [0.1, 0.15) is 0 Å². The maximum Gasteiger partial charge on any atom is 0.135 e. The summed E-state index contributed by atoms with van der Waals surface area (Å²) in [5.74, 6) is -0.171. The van der Waals surface area contributed by atoms with Gasteiger partial charge >= 0.3 is 0 Å². The Kier molecular flexibility index (Phi) is 4.13. The van der Waals surface area contributed by atoms with Crippen molar-refractivity contribution in [3.63, 3.8) is 0 Å². The summed E-state index contributed by atoms with van der Waals surface area (Å²) in [6, 6.07) is 6.66. The molecule has 0 unspecified atom stereocenters. The fraction of sp³-hybridized carbons (Fsp3) is 0.333. The molecule has 0 aromatic heterocycles. The molecule has 0 aliphatic rings. The summed E-state index contributed by atoms with van der Waals surface area (Å²) < 4.78 is 13.3. The van der Waals surface area contributed by atoms with Crippen molar-refractivity contribution in [3.8, 4) is 0 Å². The van der Waals surface area contributed by atoms with Gasteiger partial charge in [0.15, 0.2) is 0 Å². The lowest BCUT2D eigenvalue weighted by molar-refractivity contribution is -0.00000317. The van der Waals surface area contributed by atoms with Crippen molar-refractivity contribution in [1.29, 1.82) is 0 Å². The van der Waals surface area contributed by atoms with Gasteiger partial charge in [-0.3, -0.25) is 4.48 Å². The molecule has 1 aromatic rings. The Morgan fingerprint density at radius 1 is 1.17 bits per heavy atom. The summed E-state index contributed by atoms with van der Waals surface area (Å²) in [4.78, 5) is 0. The zero-order valence-corrected chi connectivity index (χ0v) is 9.67. The zero-order valence-electron chi connectivity index (χ0n) is 7.51. The molecule has 0 aliphatic carbocycles. The molecule has 1 aromatic carbocycles. The van der Waals surface area contributed by atoms with Crippen LogP contribution in [0.5, 0.6) is 0 Å². The molecular formula is C9H13FIN. The SMILES string of the molecule is C[N+](C)(C)c1cccc(F)c1.[I-]. The maximum absolute atomic E-state index is 12.7. The average molecular weight is 281 g/mol. The third-order valence-electron chi connectivity index (χ3n) is 1.58. The van der Waals surface area contributed by atoms with Crippen LogP contribution in [-0.4, -0.2) is 21.1 Å². The molecule has 0 atom stereocenters. The van der Waals surface area contributed by atoms with Gasteiger partial charge in [-0.25, -0.2) is 4.39 Å². The highest BCUT2D eigenvalue weighted by Gasteiger charge is 2.11. The van der Waals surface area contributed by atoms with Gasteiger partial charge in [0.25, 0.3) is 0 Å². The zero-order chi connectivity index (χ0) is 8.48. The number of benzene rings is 1. The molecular weight excluding hydrogens is 268 g/mol. The van der Waals surface area contributed by atoms with Crippen LogP contribution in [0.3, 0.4) is 0 Å². The molecule has 0 heterocycles. The summed E-state index contributed by atoms with van der Waals surface area (Å²) >= 11 is 0.